The first-order valence-electron chi connectivity index (χ1n) is 15.3. The number of aromatic amines is 1. The number of para-hydroxylation sites is 6. The molecule has 0 aliphatic rings. The molecule has 1 unspecified atom stereocenters. The van der Waals surface area contributed by atoms with E-state index in [2.05, 4.69) is 147 Å². The molecule has 6 aromatic carbocycles. The molecule has 1 atom stereocenters. The summed E-state index contributed by atoms with van der Waals surface area (Å²) in [5, 5.41) is 7.47. The third-order valence-corrected chi connectivity index (χ3v) is 9.64. The zero-order chi connectivity index (χ0) is 31.0. The van der Waals surface area contributed by atoms with Gasteiger partial charge in [0.1, 0.15) is 5.82 Å². The van der Waals surface area contributed by atoms with Crippen LogP contribution >= 0.6 is 8.73 Å². The van der Waals surface area contributed by atoms with Gasteiger partial charge in [-0.2, -0.15) is 0 Å². The molecule has 0 saturated carbocycles. The quantitative estimate of drug-likeness (QED) is 0.136. The maximum Gasteiger partial charge on any atom is 0.108 e. The number of aromatic nitrogens is 3. The summed E-state index contributed by atoms with van der Waals surface area (Å²) in [6.07, 6.45) is 3.84. The van der Waals surface area contributed by atoms with E-state index >= 15 is 0 Å². The molecule has 0 bridgehead atoms. The summed E-state index contributed by atoms with van der Waals surface area (Å²) >= 11 is 0. The second-order valence-electron chi connectivity index (χ2n) is 11.3. The summed E-state index contributed by atoms with van der Waals surface area (Å²) in [6, 6.07) is 50.4. The maximum atomic E-state index is 6.59. The lowest BCUT2D eigenvalue weighted by molar-refractivity contribution is 1.18. The molecule has 5 N–H and O–H groups in total. The first-order valence-corrected chi connectivity index (χ1v) is 16.2. The minimum atomic E-state index is 0.284. The molecule has 222 valence electrons. The van der Waals surface area contributed by atoms with Crippen molar-refractivity contribution < 1.29 is 0 Å². The summed E-state index contributed by atoms with van der Waals surface area (Å²) < 4.78 is 4.39. The molecular formula is C40H32N5P. The van der Waals surface area contributed by atoms with Gasteiger partial charge >= 0.3 is 0 Å². The lowest BCUT2D eigenvalue weighted by atomic mass is 10.2. The fraction of sp³-hybridized carbons (Fsp3) is 0. The van der Waals surface area contributed by atoms with Crippen LogP contribution in [-0.2, 0) is 0 Å². The van der Waals surface area contributed by atoms with Gasteiger partial charge in [-0.05, 0) is 48.6 Å². The molecule has 0 radical (unpaired) electrons. The molecule has 3 aromatic heterocycles. The van der Waals surface area contributed by atoms with Gasteiger partial charge in [0.25, 0.3) is 0 Å². The predicted octanol–water partition coefficient (Wildman–Crippen LogP) is 9.92. The average Bonchev–Trinajstić information content (AvgIpc) is 3.76. The van der Waals surface area contributed by atoms with Crippen molar-refractivity contribution in [2.24, 2.45) is 11.5 Å². The summed E-state index contributed by atoms with van der Waals surface area (Å²) in [7, 11) is 0.284. The van der Waals surface area contributed by atoms with Gasteiger partial charge in [-0.1, -0.05) is 109 Å². The Labute approximate surface area is 267 Å². The molecule has 0 saturated heterocycles. The largest absolute Gasteiger partial charge is 0.397 e. The zero-order valence-electron chi connectivity index (χ0n) is 25.1. The number of hydrogen-bond acceptors (Lipinski definition) is 2. The van der Waals surface area contributed by atoms with Crippen LogP contribution in [0.1, 0.15) is 0 Å². The highest BCUT2D eigenvalue weighted by Gasteiger charge is 2.12. The van der Waals surface area contributed by atoms with E-state index in [9.17, 15) is 0 Å². The van der Waals surface area contributed by atoms with Crippen molar-refractivity contribution >= 4 is 80.0 Å². The summed E-state index contributed by atoms with van der Waals surface area (Å²) in [6.45, 7) is 0. The lowest BCUT2D eigenvalue weighted by Crippen LogP contribution is -2.06. The summed E-state index contributed by atoms with van der Waals surface area (Å²) in [5.74, 6) is 0.641. The lowest BCUT2D eigenvalue weighted by Gasteiger charge is -2.09. The number of hydrogen-bond donors (Lipinski definition) is 3. The van der Waals surface area contributed by atoms with Gasteiger partial charge in [0.05, 0.1) is 27.5 Å². The van der Waals surface area contributed by atoms with Crippen LogP contribution in [0.15, 0.2) is 163 Å². The predicted molar refractivity (Wildman–Crippen MR) is 199 cm³/mol. The van der Waals surface area contributed by atoms with Crippen LogP contribution in [0, 0.1) is 0 Å². The van der Waals surface area contributed by atoms with Crippen LogP contribution in [0.5, 0.6) is 0 Å². The van der Waals surface area contributed by atoms with E-state index in [-0.39, 0.29) is 8.73 Å². The summed E-state index contributed by atoms with van der Waals surface area (Å²) in [5.41, 5.74) is 20.9. The van der Waals surface area contributed by atoms with Crippen molar-refractivity contribution in [1.82, 2.24) is 13.9 Å². The first-order chi connectivity index (χ1) is 22.7. The van der Waals surface area contributed by atoms with Crippen molar-refractivity contribution in [3.63, 3.8) is 0 Å². The first kappa shape index (κ1) is 27.8. The van der Waals surface area contributed by atoms with Crippen LogP contribution in [0.25, 0.3) is 71.2 Å². The molecular weight excluding hydrogens is 581 g/mol. The van der Waals surface area contributed by atoms with E-state index in [0.717, 1.165) is 16.5 Å². The second-order valence-corrected chi connectivity index (χ2v) is 12.5. The Bertz CT molecular complexity index is 2440. The number of rotatable bonds is 4. The van der Waals surface area contributed by atoms with Crippen molar-refractivity contribution in [2.75, 3.05) is 0 Å². The Hall–Kier alpha value is -5.77. The molecule has 0 aliphatic carbocycles. The van der Waals surface area contributed by atoms with Crippen LogP contribution in [0.2, 0.25) is 0 Å². The third kappa shape index (κ3) is 4.79. The number of nitrogens with two attached hydrogens (primary N) is 2. The molecule has 0 amide bonds. The Kier molecular flexibility index (Phi) is 7.01. The van der Waals surface area contributed by atoms with Crippen molar-refractivity contribution in [3.05, 3.63) is 163 Å². The Balaban J connectivity index is 0.000000199. The number of H-pyrrole nitrogens is 1. The zero-order valence-corrected chi connectivity index (χ0v) is 26.1. The average molecular weight is 614 g/mol. The van der Waals surface area contributed by atoms with E-state index in [1.807, 2.05) is 24.3 Å². The minimum absolute atomic E-state index is 0.284. The third-order valence-electron chi connectivity index (χ3n) is 8.51. The normalized spacial score (nSPS) is 12.7. The molecule has 9 aromatic rings. The summed E-state index contributed by atoms with van der Waals surface area (Å²) in [4.78, 5) is 3.38. The smallest absolute Gasteiger partial charge is 0.108 e. The van der Waals surface area contributed by atoms with E-state index in [1.54, 1.807) is 0 Å². The van der Waals surface area contributed by atoms with Crippen molar-refractivity contribution in [3.8, 4) is 0 Å². The monoisotopic (exact) mass is 613 g/mol. The van der Waals surface area contributed by atoms with E-state index in [0.29, 0.717) is 5.82 Å². The van der Waals surface area contributed by atoms with Gasteiger partial charge < -0.3 is 20.8 Å². The maximum absolute atomic E-state index is 6.59. The molecule has 3 heterocycles. The highest BCUT2D eigenvalue weighted by Crippen LogP contribution is 2.37. The number of nitrogens with zero attached hydrogens (tertiary/aromatic N) is 2. The van der Waals surface area contributed by atoms with Crippen LogP contribution in [-0.4, -0.2) is 13.9 Å². The van der Waals surface area contributed by atoms with E-state index in [1.165, 1.54) is 54.4 Å². The molecule has 46 heavy (non-hydrogen) atoms. The van der Waals surface area contributed by atoms with Crippen molar-refractivity contribution in [1.29, 1.82) is 0 Å². The number of benzene rings is 6. The van der Waals surface area contributed by atoms with Gasteiger partial charge in [0.2, 0.25) is 0 Å². The number of fused-ring (bicyclic) bond motifs is 9. The van der Waals surface area contributed by atoms with Gasteiger partial charge in [-0.3, -0.25) is 4.57 Å². The molecule has 0 aliphatic heterocycles. The second kappa shape index (κ2) is 11.6. The molecule has 9 rings (SSSR count). The Morgan fingerprint density at radius 1 is 0.457 bits per heavy atom. The molecule has 5 nitrogen and oxygen atoms in total. The minimum Gasteiger partial charge on any atom is -0.397 e. The van der Waals surface area contributed by atoms with Gasteiger partial charge in [0.15, 0.2) is 0 Å². The highest BCUT2D eigenvalue weighted by molar-refractivity contribution is 7.41. The van der Waals surface area contributed by atoms with E-state index in [4.69, 9.17) is 11.5 Å². The van der Waals surface area contributed by atoms with Gasteiger partial charge in [-0.15, -0.1) is 0 Å². The topological polar surface area (TPSA) is 77.7 Å². The molecule has 0 spiro atoms. The van der Waals surface area contributed by atoms with Crippen LogP contribution in [0.3, 0.4) is 0 Å². The van der Waals surface area contributed by atoms with Crippen LogP contribution < -0.4 is 11.5 Å². The Morgan fingerprint density at radius 3 is 1.30 bits per heavy atom. The van der Waals surface area contributed by atoms with Crippen molar-refractivity contribution in [2.45, 2.75) is 0 Å². The Morgan fingerprint density at radius 2 is 0.826 bits per heavy atom. The molecule has 0 fully saturated rings. The van der Waals surface area contributed by atoms with E-state index < -0.39 is 0 Å². The number of allylic oxidation sites excluding steroid dienone is 2. The van der Waals surface area contributed by atoms with Gasteiger partial charge in [0, 0.05) is 52.1 Å². The molecule has 6 heteroatoms. The number of nitrogens with one attached hydrogen (secondary N) is 1. The fourth-order valence-electron chi connectivity index (χ4n) is 6.46. The SMILES string of the molecule is N/C(=C\C=C(/N)n1c2ccccc2c2ccccc21)Pn1c2ccccc2c2ccccc21.c1ccc2c(c1)[nH]c1ccccc12. The standard InChI is InChI=1S/C28H23N4P.C12H9N/c29-27(31-23-13-5-1-9-19(23)20-10-2-6-14-24(20)31)17-18-28(30)33-32-25-15-7-3-11-21(25)22-12-4-8-16-26(22)32;1-3-7-11-9(5-1)10-6-2-4-8-12(10)13-11/h1-18,33H,29-30H2;1-8,13H/b27-17+,28-18+;. The highest BCUT2D eigenvalue weighted by atomic mass is 31.1. The fourth-order valence-corrected chi connectivity index (χ4v) is 7.51. The van der Waals surface area contributed by atoms with Crippen LogP contribution in [0.4, 0.5) is 0 Å². The van der Waals surface area contributed by atoms with Gasteiger partial charge in [-0.25, -0.2) is 0 Å².